The van der Waals surface area contributed by atoms with Gasteiger partial charge < -0.3 is 5.32 Å². The molecule has 2 heteroatoms. The molecule has 1 unspecified atom stereocenters. The Balaban J connectivity index is 3.03. The van der Waals surface area contributed by atoms with Crippen LogP contribution in [0.1, 0.15) is 43.9 Å². The van der Waals surface area contributed by atoms with Crippen molar-refractivity contribution in [2.24, 2.45) is 5.92 Å². The van der Waals surface area contributed by atoms with Gasteiger partial charge in [-0.15, -0.1) is 0 Å². The van der Waals surface area contributed by atoms with Gasteiger partial charge in [-0.3, -0.25) is 0 Å². The first kappa shape index (κ1) is 13.2. The van der Waals surface area contributed by atoms with Gasteiger partial charge in [-0.2, -0.15) is 0 Å². The molecular formula is C14H22FN. The largest absolute Gasteiger partial charge is 0.313 e. The lowest BCUT2D eigenvalue weighted by atomic mass is 9.88. The van der Waals surface area contributed by atoms with E-state index in [0.717, 1.165) is 24.0 Å². The number of nitrogens with one attached hydrogen (secondary N) is 1. The molecule has 1 aromatic rings. The van der Waals surface area contributed by atoms with Crippen LogP contribution >= 0.6 is 0 Å². The van der Waals surface area contributed by atoms with Crippen LogP contribution in [-0.4, -0.2) is 7.05 Å². The van der Waals surface area contributed by atoms with E-state index in [1.54, 1.807) is 6.07 Å². The van der Waals surface area contributed by atoms with Gasteiger partial charge in [0.1, 0.15) is 5.82 Å². The molecule has 90 valence electrons. The number of halogens is 1. The molecule has 16 heavy (non-hydrogen) atoms. The maximum absolute atomic E-state index is 13.9. The first-order valence-corrected chi connectivity index (χ1v) is 6.07. The first-order valence-electron chi connectivity index (χ1n) is 6.07. The molecule has 0 saturated carbocycles. The summed E-state index contributed by atoms with van der Waals surface area (Å²) >= 11 is 0. The van der Waals surface area contributed by atoms with Gasteiger partial charge in [0.2, 0.25) is 0 Å². The summed E-state index contributed by atoms with van der Waals surface area (Å²) in [7, 11) is 1.91. The van der Waals surface area contributed by atoms with Gasteiger partial charge in [0.05, 0.1) is 0 Å². The van der Waals surface area contributed by atoms with Crippen LogP contribution in [-0.2, 0) is 0 Å². The summed E-state index contributed by atoms with van der Waals surface area (Å²) in [5.41, 5.74) is 1.77. The Morgan fingerprint density at radius 3 is 2.31 bits per heavy atom. The molecule has 0 aromatic heterocycles. The lowest BCUT2D eigenvalue weighted by molar-refractivity contribution is 0.350. The lowest BCUT2D eigenvalue weighted by Gasteiger charge is -2.25. The third-order valence-corrected chi connectivity index (χ3v) is 3.32. The smallest absolute Gasteiger partial charge is 0.128 e. The highest BCUT2D eigenvalue weighted by Crippen LogP contribution is 2.29. The molecule has 0 fully saturated rings. The van der Waals surface area contributed by atoms with Crippen LogP contribution in [0.4, 0.5) is 4.39 Å². The Kier molecular flexibility index (Phi) is 4.94. The Morgan fingerprint density at radius 1 is 1.25 bits per heavy atom. The fourth-order valence-electron chi connectivity index (χ4n) is 2.29. The molecule has 0 bridgehead atoms. The molecule has 0 aliphatic heterocycles. The molecule has 0 heterocycles. The number of benzene rings is 1. The molecule has 0 aliphatic rings. The Bertz CT molecular complexity index is 332. The summed E-state index contributed by atoms with van der Waals surface area (Å²) in [6.45, 7) is 6.23. The zero-order valence-electron chi connectivity index (χ0n) is 10.7. The van der Waals surface area contributed by atoms with Crippen LogP contribution in [0.3, 0.4) is 0 Å². The van der Waals surface area contributed by atoms with Crippen LogP contribution < -0.4 is 5.32 Å². The topological polar surface area (TPSA) is 12.0 Å². The first-order chi connectivity index (χ1) is 7.63. The van der Waals surface area contributed by atoms with Gasteiger partial charge in [-0.1, -0.05) is 38.8 Å². The van der Waals surface area contributed by atoms with E-state index in [1.165, 1.54) is 0 Å². The van der Waals surface area contributed by atoms with E-state index in [1.807, 2.05) is 26.1 Å². The summed E-state index contributed by atoms with van der Waals surface area (Å²) in [5.74, 6) is 0.397. The number of rotatable bonds is 5. The third kappa shape index (κ3) is 2.82. The lowest BCUT2D eigenvalue weighted by Crippen LogP contribution is -2.25. The molecule has 1 atom stereocenters. The van der Waals surface area contributed by atoms with Crippen LogP contribution in [0.2, 0.25) is 0 Å². The molecule has 1 nitrogen and oxygen atoms in total. The maximum atomic E-state index is 13.9. The van der Waals surface area contributed by atoms with Crippen LogP contribution in [0.25, 0.3) is 0 Å². The summed E-state index contributed by atoms with van der Waals surface area (Å²) in [5, 5.41) is 3.24. The van der Waals surface area contributed by atoms with Gasteiger partial charge in [0, 0.05) is 11.6 Å². The molecule has 0 saturated heterocycles. The predicted molar refractivity (Wildman–Crippen MR) is 67.0 cm³/mol. The standard InChI is InChI=1S/C14H22FN/c1-5-11(6-2)14(16-4)12-8-7-10(3)9-13(12)15/h7-9,11,14,16H,5-6H2,1-4H3. The Labute approximate surface area is 98.1 Å². The van der Waals surface area contributed by atoms with Crippen molar-refractivity contribution in [3.63, 3.8) is 0 Å². The summed E-state index contributed by atoms with van der Waals surface area (Å²) in [6, 6.07) is 5.62. The SMILES string of the molecule is CCC(CC)C(NC)c1ccc(C)cc1F. The van der Waals surface area contributed by atoms with Crippen LogP contribution in [0, 0.1) is 18.7 Å². The zero-order valence-corrected chi connectivity index (χ0v) is 10.7. The number of aryl methyl sites for hydroxylation is 1. The fraction of sp³-hybridized carbons (Fsp3) is 0.571. The minimum atomic E-state index is -0.0914. The molecule has 1 aromatic carbocycles. The maximum Gasteiger partial charge on any atom is 0.128 e. The second kappa shape index (κ2) is 6.00. The van der Waals surface area contributed by atoms with Crippen molar-refractivity contribution in [2.45, 2.75) is 39.7 Å². The molecular weight excluding hydrogens is 201 g/mol. The third-order valence-electron chi connectivity index (χ3n) is 3.32. The van der Waals surface area contributed by atoms with Gasteiger partial charge in [0.15, 0.2) is 0 Å². The van der Waals surface area contributed by atoms with Gasteiger partial charge in [-0.25, -0.2) is 4.39 Å². The highest BCUT2D eigenvalue weighted by atomic mass is 19.1. The monoisotopic (exact) mass is 223 g/mol. The Hall–Kier alpha value is -0.890. The molecule has 0 amide bonds. The normalized spacial score (nSPS) is 13.1. The number of hydrogen-bond acceptors (Lipinski definition) is 1. The van der Waals surface area contributed by atoms with E-state index in [9.17, 15) is 4.39 Å². The second-order valence-corrected chi connectivity index (χ2v) is 4.37. The van der Waals surface area contributed by atoms with Gasteiger partial charge in [0.25, 0.3) is 0 Å². The highest BCUT2D eigenvalue weighted by Gasteiger charge is 2.21. The van der Waals surface area contributed by atoms with E-state index in [0.29, 0.717) is 5.92 Å². The molecule has 1 N–H and O–H groups in total. The summed E-state index contributed by atoms with van der Waals surface area (Å²) in [6.07, 6.45) is 2.13. The zero-order chi connectivity index (χ0) is 12.1. The second-order valence-electron chi connectivity index (χ2n) is 4.37. The molecule has 1 rings (SSSR count). The Morgan fingerprint density at radius 2 is 1.88 bits per heavy atom. The minimum absolute atomic E-state index is 0.0914. The molecule has 0 radical (unpaired) electrons. The summed E-state index contributed by atoms with van der Waals surface area (Å²) in [4.78, 5) is 0. The van der Waals surface area contributed by atoms with Crippen molar-refractivity contribution >= 4 is 0 Å². The van der Waals surface area contributed by atoms with Crippen molar-refractivity contribution < 1.29 is 4.39 Å². The van der Waals surface area contributed by atoms with Crippen LogP contribution in [0.5, 0.6) is 0 Å². The van der Waals surface area contributed by atoms with Gasteiger partial charge in [-0.05, 0) is 31.5 Å². The van der Waals surface area contributed by atoms with Crippen molar-refractivity contribution in [3.05, 3.63) is 35.1 Å². The fourth-order valence-corrected chi connectivity index (χ4v) is 2.29. The van der Waals surface area contributed by atoms with E-state index in [-0.39, 0.29) is 11.9 Å². The summed E-state index contributed by atoms with van der Waals surface area (Å²) < 4.78 is 13.9. The average molecular weight is 223 g/mol. The highest BCUT2D eigenvalue weighted by molar-refractivity contribution is 5.26. The average Bonchev–Trinajstić information content (AvgIpc) is 2.27. The predicted octanol–water partition coefficient (Wildman–Crippen LogP) is 3.83. The van der Waals surface area contributed by atoms with E-state index < -0.39 is 0 Å². The number of hydrogen-bond donors (Lipinski definition) is 1. The van der Waals surface area contributed by atoms with E-state index in [4.69, 9.17) is 0 Å². The quantitative estimate of drug-likeness (QED) is 0.800. The van der Waals surface area contributed by atoms with E-state index >= 15 is 0 Å². The molecule has 0 spiro atoms. The van der Waals surface area contributed by atoms with Crippen molar-refractivity contribution in [1.82, 2.24) is 5.32 Å². The van der Waals surface area contributed by atoms with Gasteiger partial charge >= 0.3 is 0 Å². The molecule has 0 aliphatic carbocycles. The van der Waals surface area contributed by atoms with E-state index in [2.05, 4.69) is 19.2 Å². The van der Waals surface area contributed by atoms with Crippen LogP contribution in [0.15, 0.2) is 18.2 Å². The van der Waals surface area contributed by atoms with Crippen molar-refractivity contribution in [2.75, 3.05) is 7.05 Å². The van der Waals surface area contributed by atoms with Crippen molar-refractivity contribution in [3.8, 4) is 0 Å². The van der Waals surface area contributed by atoms with Crippen molar-refractivity contribution in [1.29, 1.82) is 0 Å². The minimum Gasteiger partial charge on any atom is -0.313 e.